The van der Waals surface area contributed by atoms with E-state index in [2.05, 4.69) is 28.9 Å². The van der Waals surface area contributed by atoms with Crippen molar-refractivity contribution in [3.05, 3.63) is 18.2 Å². The number of nitrogens with zero attached hydrogens (tertiary/aromatic N) is 7. The third-order valence-electron chi connectivity index (χ3n) is 5.93. The van der Waals surface area contributed by atoms with Crippen molar-refractivity contribution >= 4 is 28.8 Å². The van der Waals surface area contributed by atoms with Crippen LogP contribution in [-0.2, 0) is 18.4 Å². The Labute approximate surface area is 173 Å². The van der Waals surface area contributed by atoms with Crippen LogP contribution < -0.4 is 0 Å². The van der Waals surface area contributed by atoms with Gasteiger partial charge in [0, 0.05) is 43.5 Å². The third-order valence-corrected chi connectivity index (χ3v) is 7.17. The second-order valence-corrected chi connectivity index (χ2v) is 9.18. The number of rotatable bonds is 5. The lowest BCUT2D eigenvalue weighted by molar-refractivity contribution is -0.131. The monoisotopic (exact) mass is 411 g/mol. The van der Waals surface area contributed by atoms with Crippen LogP contribution in [0.5, 0.6) is 0 Å². The number of aromatic nitrogens is 6. The smallest absolute Gasteiger partial charge is 0.225 e. The molecule has 0 aromatic carbocycles. The number of thioether (sulfide) groups is 1. The minimum absolute atomic E-state index is 0.287. The van der Waals surface area contributed by atoms with Crippen LogP contribution in [0.1, 0.15) is 31.9 Å². The van der Waals surface area contributed by atoms with Crippen molar-refractivity contribution in [3.8, 4) is 11.4 Å². The Morgan fingerprint density at radius 2 is 2.10 bits per heavy atom. The summed E-state index contributed by atoms with van der Waals surface area (Å²) in [5, 5.41) is 5.70. The number of aryl methyl sites for hydroxylation is 2. The molecule has 8 nitrogen and oxygen atoms in total. The van der Waals surface area contributed by atoms with E-state index in [4.69, 9.17) is 4.98 Å². The maximum absolute atomic E-state index is 12.3. The highest BCUT2D eigenvalue weighted by atomic mass is 32.2. The van der Waals surface area contributed by atoms with Gasteiger partial charge in [0.2, 0.25) is 5.91 Å². The molecule has 1 aliphatic carbocycles. The minimum atomic E-state index is 0.287. The highest BCUT2D eigenvalue weighted by Crippen LogP contribution is 2.37. The van der Waals surface area contributed by atoms with Crippen molar-refractivity contribution in [2.45, 2.75) is 49.9 Å². The largest absolute Gasteiger partial charge is 0.341 e. The van der Waals surface area contributed by atoms with Crippen molar-refractivity contribution in [3.63, 3.8) is 0 Å². The molecule has 3 aromatic rings. The molecule has 0 unspecified atom stereocenters. The Morgan fingerprint density at radius 3 is 2.83 bits per heavy atom. The highest BCUT2D eigenvalue weighted by molar-refractivity contribution is 8.00. The van der Waals surface area contributed by atoms with Crippen molar-refractivity contribution in [1.82, 2.24) is 34.2 Å². The van der Waals surface area contributed by atoms with Gasteiger partial charge in [0.05, 0.1) is 11.8 Å². The van der Waals surface area contributed by atoms with Crippen LogP contribution in [0.25, 0.3) is 22.6 Å². The van der Waals surface area contributed by atoms with E-state index in [1.807, 2.05) is 27.4 Å². The zero-order valence-electron chi connectivity index (χ0n) is 17.0. The normalized spacial score (nSPS) is 19.4. The molecule has 0 spiro atoms. The van der Waals surface area contributed by atoms with Gasteiger partial charge in [-0.25, -0.2) is 15.0 Å². The number of amides is 1. The predicted octanol–water partition coefficient (Wildman–Crippen LogP) is 2.66. The van der Waals surface area contributed by atoms with Crippen LogP contribution in [0.4, 0.5) is 0 Å². The molecule has 1 atom stereocenters. The van der Waals surface area contributed by atoms with Crippen LogP contribution in [-0.4, -0.2) is 58.4 Å². The molecule has 1 saturated heterocycles. The Hall–Kier alpha value is -2.42. The van der Waals surface area contributed by atoms with Crippen molar-refractivity contribution in [1.29, 1.82) is 0 Å². The van der Waals surface area contributed by atoms with Gasteiger partial charge in [-0.3, -0.25) is 9.48 Å². The number of carbonyl (C=O) groups is 1. The molecule has 2 fully saturated rings. The first kappa shape index (κ1) is 18.6. The van der Waals surface area contributed by atoms with Crippen molar-refractivity contribution in [2.24, 2.45) is 13.0 Å². The van der Waals surface area contributed by atoms with E-state index in [1.165, 1.54) is 0 Å². The van der Waals surface area contributed by atoms with Gasteiger partial charge >= 0.3 is 0 Å². The van der Waals surface area contributed by atoms with Crippen molar-refractivity contribution < 1.29 is 4.79 Å². The molecule has 0 radical (unpaired) electrons. The van der Waals surface area contributed by atoms with Crippen LogP contribution in [0.15, 0.2) is 17.6 Å². The molecule has 3 aromatic heterocycles. The maximum atomic E-state index is 12.3. The maximum Gasteiger partial charge on any atom is 0.225 e. The molecule has 4 heterocycles. The molecule has 0 N–H and O–H groups in total. The Morgan fingerprint density at radius 1 is 1.28 bits per heavy atom. The standard InChI is InChI=1S/C20H25N7OS/c1-4-27-12(2)15(9-23-27)17-24-16-18(25(17)3)21-11-22-19(16)29-14-7-8-26(10-14)20(28)13-5-6-13/h9,11,13-14H,4-8,10H2,1-3H3/t14-/m0/s1. The molecule has 9 heteroatoms. The Bertz CT molecular complexity index is 1080. The number of fused-ring (bicyclic) bond motifs is 1. The number of hydrogen-bond acceptors (Lipinski definition) is 6. The predicted molar refractivity (Wildman–Crippen MR) is 112 cm³/mol. The zero-order valence-corrected chi connectivity index (χ0v) is 17.8. The van der Waals surface area contributed by atoms with E-state index in [0.29, 0.717) is 11.2 Å². The fourth-order valence-electron chi connectivity index (χ4n) is 4.06. The summed E-state index contributed by atoms with van der Waals surface area (Å²) in [5.74, 6) is 1.48. The Kier molecular flexibility index (Phi) is 4.57. The topological polar surface area (TPSA) is 81.7 Å². The first-order valence-electron chi connectivity index (χ1n) is 10.2. The number of imidazole rings is 1. The Balaban J connectivity index is 1.43. The van der Waals surface area contributed by atoms with Gasteiger partial charge in [-0.1, -0.05) is 11.8 Å². The first-order valence-corrected chi connectivity index (χ1v) is 11.1. The molecule has 0 bridgehead atoms. The van der Waals surface area contributed by atoms with E-state index < -0.39 is 0 Å². The lowest BCUT2D eigenvalue weighted by Crippen LogP contribution is -2.30. The van der Waals surface area contributed by atoms with E-state index in [-0.39, 0.29) is 5.92 Å². The van der Waals surface area contributed by atoms with E-state index >= 15 is 0 Å². The second-order valence-electron chi connectivity index (χ2n) is 7.89. The molecule has 2 aliphatic rings. The number of hydrogen-bond donors (Lipinski definition) is 0. The summed E-state index contributed by atoms with van der Waals surface area (Å²) in [7, 11) is 1.99. The summed E-state index contributed by atoms with van der Waals surface area (Å²) in [5.41, 5.74) is 3.76. The van der Waals surface area contributed by atoms with E-state index in [0.717, 1.165) is 72.2 Å². The van der Waals surface area contributed by atoms with Gasteiger partial charge in [0.15, 0.2) is 5.65 Å². The number of likely N-dealkylation sites (tertiary alicyclic amines) is 1. The summed E-state index contributed by atoms with van der Waals surface area (Å²) in [4.78, 5) is 28.3. The molecular weight excluding hydrogens is 386 g/mol. The summed E-state index contributed by atoms with van der Waals surface area (Å²) < 4.78 is 3.99. The summed E-state index contributed by atoms with van der Waals surface area (Å²) >= 11 is 1.72. The fourth-order valence-corrected chi connectivity index (χ4v) is 5.21. The van der Waals surface area contributed by atoms with E-state index in [1.54, 1.807) is 18.1 Å². The molecule has 29 heavy (non-hydrogen) atoms. The molecule has 1 amide bonds. The molecule has 5 rings (SSSR count). The average Bonchev–Trinajstić information content (AvgIpc) is 3.23. The lowest BCUT2D eigenvalue weighted by atomic mass is 10.2. The third kappa shape index (κ3) is 3.21. The van der Waals surface area contributed by atoms with Crippen molar-refractivity contribution in [2.75, 3.05) is 13.1 Å². The van der Waals surface area contributed by atoms with E-state index in [9.17, 15) is 4.79 Å². The van der Waals surface area contributed by atoms with Crippen LogP contribution in [0.3, 0.4) is 0 Å². The van der Waals surface area contributed by atoms with Gasteiger partial charge in [-0.05, 0) is 33.1 Å². The lowest BCUT2D eigenvalue weighted by Gasteiger charge is -2.15. The summed E-state index contributed by atoms with van der Waals surface area (Å²) in [6.45, 7) is 6.63. The zero-order chi connectivity index (χ0) is 20.1. The quantitative estimate of drug-likeness (QED) is 0.601. The second kappa shape index (κ2) is 7.12. The van der Waals surface area contributed by atoms with Gasteiger partial charge in [0.1, 0.15) is 22.7 Å². The summed E-state index contributed by atoms with van der Waals surface area (Å²) in [6, 6.07) is 0. The fraction of sp³-hybridized carbons (Fsp3) is 0.550. The van der Waals surface area contributed by atoms with Gasteiger partial charge < -0.3 is 9.47 Å². The SMILES string of the molecule is CCn1ncc(-c2nc3c(S[C@H]4CCN(C(=O)C5CC5)C4)ncnc3n2C)c1C. The first-order chi connectivity index (χ1) is 14.1. The molecule has 152 valence electrons. The average molecular weight is 412 g/mol. The summed E-state index contributed by atoms with van der Waals surface area (Å²) in [6.07, 6.45) is 6.60. The van der Waals surface area contributed by atoms with Crippen LogP contribution in [0, 0.1) is 12.8 Å². The van der Waals surface area contributed by atoms with Gasteiger partial charge in [-0.2, -0.15) is 5.10 Å². The molecule has 1 aliphatic heterocycles. The molecule has 1 saturated carbocycles. The van der Waals surface area contributed by atoms with Gasteiger partial charge in [-0.15, -0.1) is 0 Å². The number of carbonyl (C=O) groups excluding carboxylic acids is 1. The highest BCUT2D eigenvalue weighted by Gasteiger charge is 2.37. The minimum Gasteiger partial charge on any atom is -0.341 e. The van der Waals surface area contributed by atoms with Gasteiger partial charge in [0.25, 0.3) is 0 Å². The van der Waals surface area contributed by atoms with Crippen LogP contribution in [0.2, 0.25) is 0 Å². The van der Waals surface area contributed by atoms with Crippen LogP contribution >= 0.6 is 11.8 Å². The molecular formula is C20H25N7OS.